The molecule has 0 unspecified atom stereocenters. The first-order valence-corrected chi connectivity index (χ1v) is 4.70. The van der Waals surface area contributed by atoms with Gasteiger partial charge in [0.05, 0.1) is 5.75 Å². The van der Waals surface area contributed by atoms with Crippen LogP contribution >= 0.6 is 11.8 Å². The van der Waals surface area contributed by atoms with Crippen LogP contribution < -0.4 is 10.6 Å². The Balaban J connectivity index is 2.18. The molecule has 0 spiro atoms. The Labute approximate surface area is 69.6 Å². The molecule has 0 bridgehead atoms. The molecule has 0 saturated heterocycles. The van der Waals surface area contributed by atoms with E-state index in [2.05, 4.69) is 10.6 Å². The third-order valence-electron chi connectivity index (χ3n) is 1.84. The number of amides is 1. The highest BCUT2D eigenvalue weighted by atomic mass is 32.2. The van der Waals surface area contributed by atoms with Crippen LogP contribution in [0.4, 0.5) is 0 Å². The maximum Gasteiger partial charge on any atom is 0.234 e. The van der Waals surface area contributed by atoms with E-state index in [0.717, 1.165) is 25.2 Å². The van der Waals surface area contributed by atoms with Crippen LogP contribution in [0.5, 0.6) is 0 Å². The van der Waals surface area contributed by atoms with Gasteiger partial charge in [-0.05, 0) is 6.42 Å². The summed E-state index contributed by atoms with van der Waals surface area (Å²) in [7, 11) is 0. The van der Waals surface area contributed by atoms with Gasteiger partial charge in [0, 0.05) is 23.7 Å². The molecule has 0 radical (unpaired) electrons. The third-order valence-corrected chi connectivity index (χ3v) is 3.04. The van der Waals surface area contributed by atoms with E-state index in [1.807, 2.05) is 0 Å². The molecule has 3 nitrogen and oxygen atoms in total. The van der Waals surface area contributed by atoms with Crippen molar-refractivity contribution >= 4 is 17.7 Å². The predicted molar refractivity (Wildman–Crippen MR) is 45.1 cm³/mol. The number of carbonyl (C=O) groups excluding carboxylic acids is 1. The number of hydrogen-bond donors (Lipinski definition) is 2. The SMILES string of the molecule is O=C1CSC2=C(CNCC2)N1. The second-order valence-electron chi connectivity index (χ2n) is 2.67. The number of hydrogen-bond acceptors (Lipinski definition) is 3. The van der Waals surface area contributed by atoms with Crippen LogP contribution in [-0.4, -0.2) is 24.7 Å². The van der Waals surface area contributed by atoms with Crippen LogP contribution in [-0.2, 0) is 4.79 Å². The fraction of sp³-hybridized carbons (Fsp3) is 0.571. The van der Waals surface area contributed by atoms with Gasteiger partial charge in [-0.25, -0.2) is 0 Å². The van der Waals surface area contributed by atoms with Crippen molar-refractivity contribution in [2.45, 2.75) is 6.42 Å². The summed E-state index contributed by atoms with van der Waals surface area (Å²) in [5.74, 6) is 0.733. The Kier molecular flexibility index (Phi) is 1.87. The molecule has 0 aromatic rings. The summed E-state index contributed by atoms with van der Waals surface area (Å²) in [6, 6.07) is 0. The largest absolute Gasteiger partial charge is 0.327 e. The summed E-state index contributed by atoms with van der Waals surface area (Å²) in [6.45, 7) is 1.87. The zero-order valence-corrected chi connectivity index (χ0v) is 6.96. The third kappa shape index (κ3) is 1.41. The first-order chi connectivity index (χ1) is 5.36. The van der Waals surface area contributed by atoms with Gasteiger partial charge in [-0.15, -0.1) is 11.8 Å². The molecule has 0 aromatic carbocycles. The van der Waals surface area contributed by atoms with Crippen LogP contribution in [0.3, 0.4) is 0 Å². The summed E-state index contributed by atoms with van der Waals surface area (Å²) in [5, 5.41) is 6.09. The molecule has 60 valence electrons. The zero-order chi connectivity index (χ0) is 7.68. The monoisotopic (exact) mass is 170 g/mol. The van der Waals surface area contributed by atoms with Crippen LogP contribution in [0.25, 0.3) is 0 Å². The highest BCUT2D eigenvalue weighted by Gasteiger charge is 2.20. The molecule has 0 atom stereocenters. The first kappa shape index (κ1) is 7.18. The van der Waals surface area contributed by atoms with Gasteiger partial charge in [-0.1, -0.05) is 0 Å². The molecule has 4 heteroatoms. The maximum absolute atomic E-state index is 10.9. The fourth-order valence-corrected chi connectivity index (χ4v) is 2.22. The van der Waals surface area contributed by atoms with Crippen molar-refractivity contribution in [1.82, 2.24) is 10.6 Å². The Morgan fingerprint density at radius 3 is 3.27 bits per heavy atom. The van der Waals surface area contributed by atoms with E-state index in [9.17, 15) is 4.79 Å². The molecule has 0 aromatic heterocycles. The van der Waals surface area contributed by atoms with Crippen LogP contribution in [0.2, 0.25) is 0 Å². The van der Waals surface area contributed by atoms with Gasteiger partial charge in [0.2, 0.25) is 5.91 Å². The molecule has 0 fully saturated rings. The van der Waals surface area contributed by atoms with Gasteiger partial charge in [0.25, 0.3) is 0 Å². The molecule has 2 heterocycles. The molecule has 11 heavy (non-hydrogen) atoms. The second-order valence-corrected chi connectivity index (χ2v) is 3.74. The van der Waals surface area contributed by atoms with Crippen LogP contribution in [0.1, 0.15) is 6.42 Å². The summed E-state index contributed by atoms with van der Waals surface area (Å²) >= 11 is 1.68. The highest BCUT2D eigenvalue weighted by Crippen LogP contribution is 2.26. The zero-order valence-electron chi connectivity index (χ0n) is 6.14. The van der Waals surface area contributed by atoms with Crippen LogP contribution in [0, 0.1) is 0 Å². The molecular formula is C7H10N2OS. The maximum atomic E-state index is 10.9. The second kappa shape index (κ2) is 2.87. The standard InChI is InChI=1S/C7H10N2OS/c10-7-4-11-6-1-2-8-3-5(6)9-7/h8H,1-4H2,(H,9,10). The van der Waals surface area contributed by atoms with Crippen molar-refractivity contribution in [3.63, 3.8) is 0 Å². The Morgan fingerprint density at radius 2 is 2.36 bits per heavy atom. The van der Waals surface area contributed by atoms with Crippen molar-refractivity contribution in [1.29, 1.82) is 0 Å². The number of carbonyl (C=O) groups is 1. The van der Waals surface area contributed by atoms with Gasteiger partial charge in [0.1, 0.15) is 0 Å². The molecular weight excluding hydrogens is 160 g/mol. The normalized spacial score (nSPS) is 24.5. The molecule has 1 amide bonds. The van der Waals surface area contributed by atoms with E-state index in [0.29, 0.717) is 5.75 Å². The van der Waals surface area contributed by atoms with Gasteiger partial charge >= 0.3 is 0 Å². The van der Waals surface area contributed by atoms with E-state index in [1.54, 1.807) is 11.8 Å². The topological polar surface area (TPSA) is 41.1 Å². The van der Waals surface area contributed by atoms with E-state index in [-0.39, 0.29) is 5.91 Å². The van der Waals surface area contributed by atoms with E-state index in [1.165, 1.54) is 4.91 Å². The predicted octanol–water partition coefficient (Wildman–Crippen LogP) is 0.0543. The highest BCUT2D eigenvalue weighted by molar-refractivity contribution is 8.03. The van der Waals surface area contributed by atoms with Crippen LogP contribution in [0.15, 0.2) is 10.6 Å². The minimum absolute atomic E-state index is 0.137. The number of nitrogens with one attached hydrogen (secondary N) is 2. The summed E-state index contributed by atoms with van der Waals surface area (Å²) in [6.07, 6.45) is 1.07. The molecule has 0 saturated carbocycles. The lowest BCUT2D eigenvalue weighted by Gasteiger charge is -2.24. The smallest absolute Gasteiger partial charge is 0.234 e. The Bertz CT molecular complexity index is 224. The van der Waals surface area contributed by atoms with E-state index >= 15 is 0 Å². The lowest BCUT2D eigenvalue weighted by atomic mass is 10.2. The molecule has 0 aliphatic carbocycles. The first-order valence-electron chi connectivity index (χ1n) is 3.71. The van der Waals surface area contributed by atoms with Gasteiger partial charge in [-0.3, -0.25) is 4.79 Å². The lowest BCUT2D eigenvalue weighted by molar-refractivity contribution is -0.118. The van der Waals surface area contributed by atoms with Gasteiger partial charge < -0.3 is 10.6 Å². The van der Waals surface area contributed by atoms with Gasteiger partial charge in [-0.2, -0.15) is 0 Å². The van der Waals surface area contributed by atoms with Crippen molar-refractivity contribution in [2.24, 2.45) is 0 Å². The summed E-state index contributed by atoms with van der Waals surface area (Å²) < 4.78 is 0. The Hall–Kier alpha value is -0.480. The number of thioether (sulfide) groups is 1. The minimum atomic E-state index is 0.137. The minimum Gasteiger partial charge on any atom is -0.327 e. The van der Waals surface area contributed by atoms with Crippen molar-refractivity contribution in [2.75, 3.05) is 18.8 Å². The Morgan fingerprint density at radius 1 is 1.45 bits per heavy atom. The van der Waals surface area contributed by atoms with Crippen molar-refractivity contribution in [3.8, 4) is 0 Å². The fourth-order valence-electron chi connectivity index (χ4n) is 1.30. The average molecular weight is 170 g/mol. The van der Waals surface area contributed by atoms with Crippen molar-refractivity contribution < 1.29 is 4.79 Å². The van der Waals surface area contributed by atoms with Crippen molar-refractivity contribution in [3.05, 3.63) is 10.6 Å². The number of rotatable bonds is 0. The van der Waals surface area contributed by atoms with Gasteiger partial charge in [0.15, 0.2) is 0 Å². The summed E-state index contributed by atoms with van der Waals surface area (Å²) in [4.78, 5) is 12.3. The average Bonchev–Trinajstić information content (AvgIpc) is 2.04. The lowest BCUT2D eigenvalue weighted by Crippen LogP contribution is -2.38. The molecule has 2 N–H and O–H groups in total. The molecule has 2 aliphatic heterocycles. The molecule has 2 rings (SSSR count). The quantitative estimate of drug-likeness (QED) is 0.540. The molecule has 2 aliphatic rings. The van der Waals surface area contributed by atoms with E-state index < -0.39 is 0 Å². The van der Waals surface area contributed by atoms with E-state index in [4.69, 9.17) is 0 Å². The summed E-state index contributed by atoms with van der Waals surface area (Å²) in [5.41, 5.74) is 1.09.